The highest BCUT2D eigenvalue weighted by Gasteiger charge is 2.18. The second-order valence-corrected chi connectivity index (χ2v) is 4.62. The third-order valence-corrected chi connectivity index (χ3v) is 3.20. The van der Waals surface area contributed by atoms with E-state index in [1.54, 1.807) is 45.3 Å². The van der Waals surface area contributed by atoms with Gasteiger partial charge in [-0.1, -0.05) is 0 Å². The van der Waals surface area contributed by atoms with Crippen molar-refractivity contribution in [1.82, 2.24) is 10.1 Å². The number of carbonyl (C=O) groups excluding carboxylic acids is 1. The molecule has 0 aliphatic heterocycles. The zero-order chi connectivity index (χ0) is 16.1. The number of amides is 1. The molecule has 0 atom stereocenters. The molecule has 1 heterocycles. The van der Waals surface area contributed by atoms with Crippen LogP contribution in [0.2, 0.25) is 0 Å². The first-order valence-electron chi connectivity index (χ1n) is 6.75. The summed E-state index contributed by atoms with van der Waals surface area (Å²) in [7, 11) is 3.16. The summed E-state index contributed by atoms with van der Waals surface area (Å²) in [6, 6.07) is 7.12. The van der Waals surface area contributed by atoms with Gasteiger partial charge in [0.25, 0.3) is 5.91 Å². The minimum atomic E-state index is -0.645. The van der Waals surface area contributed by atoms with Crippen molar-refractivity contribution in [3.8, 4) is 11.5 Å². The normalized spacial score (nSPS) is 10.3. The molecular formula is C15H18N2O5. The van der Waals surface area contributed by atoms with Gasteiger partial charge in [-0.25, -0.2) is 9.53 Å². The van der Waals surface area contributed by atoms with Crippen LogP contribution >= 0.6 is 0 Å². The standard InChI is InChI=1S/C15H18N2O5/c1-10-13(15(19)22-17(10)2)14(18)16-8-9-21-12-6-4-11(20-3)5-7-12/h4-7H,8-9H2,1-3H3,(H,16,18). The maximum absolute atomic E-state index is 11.9. The molecule has 2 rings (SSSR count). The van der Waals surface area contributed by atoms with Crippen LogP contribution in [0.4, 0.5) is 0 Å². The van der Waals surface area contributed by atoms with Crippen LogP contribution in [0.25, 0.3) is 0 Å². The summed E-state index contributed by atoms with van der Waals surface area (Å²) in [5.41, 5.74) is -0.140. The lowest BCUT2D eigenvalue weighted by Gasteiger charge is -2.08. The molecule has 0 unspecified atom stereocenters. The minimum absolute atomic E-state index is 0.0203. The van der Waals surface area contributed by atoms with E-state index in [9.17, 15) is 9.59 Å². The third-order valence-electron chi connectivity index (χ3n) is 3.20. The van der Waals surface area contributed by atoms with E-state index in [1.165, 1.54) is 4.74 Å². The van der Waals surface area contributed by atoms with E-state index < -0.39 is 11.5 Å². The van der Waals surface area contributed by atoms with E-state index >= 15 is 0 Å². The Morgan fingerprint density at radius 3 is 2.45 bits per heavy atom. The number of methoxy groups -OCH3 is 1. The van der Waals surface area contributed by atoms with Gasteiger partial charge in [-0.3, -0.25) is 4.79 Å². The molecule has 0 aliphatic carbocycles. The molecule has 0 saturated heterocycles. The van der Waals surface area contributed by atoms with Gasteiger partial charge in [-0.05, 0) is 31.2 Å². The number of rotatable bonds is 6. The van der Waals surface area contributed by atoms with Crippen LogP contribution in [0.3, 0.4) is 0 Å². The van der Waals surface area contributed by atoms with Crippen molar-refractivity contribution in [2.75, 3.05) is 20.3 Å². The fraction of sp³-hybridized carbons (Fsp3) is 0.333. The number of carbonyl (C=O) groups is 1. The highest BCUT2D eigenvalue weighted by Crippen LogP contribution is 2.16. The van der Waals surface area contributed by atoms with Crippen molar-refractivity contribution in [2.24, 2.45) is 7.05 Å². The first kappa shape index (κ1) is 15.7. The van der Waals surface area contributed by atoms with E-state index in [-0.39, 0.29) is 18.7 Å². The van der Waals surface area contributed by atoms with E-state index in [2.05, 4.69) is 5.32 Å². The number of aryl methyl sites for hydroxylation is 1. The van der Waals surface area contributed by atoms with Crippen LogP contribution in [0.1, 0.15) is 16.1 Å². The van der Waals surface area contributed by atoms with E-state index in [1.807, 2.05) is 0 Å². The number of hydrogen-bond acceptors (Lipinski definition) is 5. The molecule has 22 heavy (non-hydrogen) atoms. The molecule has 0 fully saturated rings. The van der Waals surface area contributed by atoms with Crippen LogP contribution in [-0.2, 0) is 7.05 Å². The molecular weight excluding hydrogens is 288 g/mol. The fourth-order valence-corrected chi connectivity index (χ4v) is 1.89. The van der Waals surface area contributed by atoms with Crippen molar-refractivity contribution in [1.29, 1.82) is 0 Å². The summed E-state index contributed by atoms with van der Waals surface area (Å²) in [6.45, 7) is 2.21. The zero-order valence-electron chi connectivity index (χ0n) is 12.7. The second kappa shape index (κ2) is 6.84. The first-order chi connectivity index (χ1) is 10.5. The Labute approximate surface area is 127 Å². The van der Waals surface area contributed by atoms with Gasteiger partial charge in [-0.15, -0.1) is 0 Å². The highest BCUT2D eigenvalue weighted by atomic mass is 16.5. The average molecular weight is 306 g/mol. The molecule has 1 aromatic carbocycles. The molecule has 7 heteroatoms. The molecule has 1 N–H and O–H groups in total. The predicted molar refractivity (Wildman–Crippen MR) is 79.5 cm³/mol. The number of ether oxygens (including phenoxy) is 2. The second-order valence-electron chi connectivity index (χ2n) is 4.62. The number of benzene rings is 1. The molecule has 0 spiro atoms. The van der Waals surface area contributed by atoms with Crippen LogP contribution in [0.15, 0.2) is 33.6 Å². The van der Waals surface area contributed by atoms with Crippen LogP contribution < -0.4 is 20.4 Å². The van der Waals surface area contributed by atoms with Gasteiger partial charge in [-0.2, -0.15) is 0 Å². The summed E-state index contributed by atoms with van der Waals surface area (Å²) < 4.78 is 16.6. The number of nitrogens with zero attached hydrogens (tertiary/aromatic N) is 1. The summed E-state index contributed by atoms with van der Waals surface area (Å²) in [5, 5.41) is 2.62. The number of aromatic nitrogens is 1. The van der Waals surface area contributed by atoms with Gasteiger partial charge in [0, 0.05) is 7.05 Å². The third kappa shape index (κ3) is 3.49. The van der Waals surface area contributed by atoms with Crippen molar-refractivity contribution in [3.63, 3.8) is 0 Å². The number of hydrogen-bond donors (Lipinski definition) is 1. The molecule has 2 aromatic rings. The highest BCUT2D eigenvalue weighted by molar-refractivity contribution is 5.94. The lowest BCUT2D eigenvalue weighted by atomic mass is 10.2. The fourth-order valence-electron chi connectivity index (χ4n) is 1.89. The van der Waals surface area contributed by atoms with Gasteiger partial charge in [0.2, 0.25) is 0 Å². The minimum Gasteiger partial charge on any atom is -0.497 e. The average Bonchev–Trinajstić information content (AvgIpc) is 2.77. The SMILES string of the molecule is COc1ccc(OCCNC(=O)c2c(C)n(C)oc2=O)cc1. The van der Waals surface area contributed by atoms with E-state index in [0.29, 0.717) is 11.4 Å². The molecule has 1 amide bonds. The lowest BCUT2D eigenvalue weighted by Crippen LogP contribution is -2.31. The monoisotopic (exact) mass is 306 g/mol. The van der Waals surface area contributed by atoms with Gasteiger partial charge in [0.05, 0.1) is 19.3 Å². The number of nitrogens with one attached hydrogen (secondary N) is 1. The topological polar surface area (TPSA) is 82.7 Å². The zero-order valence-corrected chi connectivity index (χ0v) is 12.7. The Balaban J connectivity index is 1.83. The van der Waals surface area contributed by atoms with Crippen LogP contribution in [0, 0.1) is 6.92 Å². The van der Waals surface area contributed by atoms with Crippen molar-refractivity contribution in [3.05, 3.63) is 45.9 Å². The van der Waals surface area contributed by atoms with Crippen LogP contribution in [-0.4, -0.2) is 30.9 Å². The summed E-state index contributed by atoms with van der Waals surface area (Å²) >= 11 is 0. The van der Waals surface area contributed by atoms with Crippen molar-refractivity contribution < 1.29 is 18.8 Å². The van der Waals surface area contributed by atoms with Gasteiger partial charge in [0.1, 0.15) is 23.7 Å². The summed E-state index contributed by atoms with van der Waals surface area (Å²) in [4.78, 5) is 23.5. The molecule has 0 radical (unpaired) electrons. The van der Waals surface area contributed by atoms with Crippen LogP contribution in [0.5, 0.6) is 11.5 Å². The summed E-state index contributed by atoms with van der Waals surface area (Å²) in [5.74, 6) is 0.947. The van der Waals surface area contributed by atoms with Crippen molar-refractivity contribution in [2.45, 2.75) is 6.92 Å². The quantitative estimate of drug-likeness (QED) is 0.808. The molecule has 1 aromatic heterocycles. The Morgan fingerprint density at radius 2 is 1.91 bits per heavy atom. The smallest absolute Gasteiger partial charge is 0.370 e. The maximum Gasteiger partial charge on any atom is 0.370 e. The molecule has 118 valence electrons. The maximum atomic E-state index is 11.9. The van der Waals surface area contributed by atoms with E-state index in [4.69, 9.17) is 14.0 Å². The molecule has 7 nitrogen and oxygen atoms in total. The lowest BCUT2D eigenvalue weighted by molar-refractivity contribution is 0.0944. The van der Waals surface area contributed by atoms with Gasteiger partial charge >= 0.3 is 5.63 Å². The van der Waals surface area contributed by atoms with E-state index in [0.717, 1.165) is 5.75 Å². The van der Waals surface area contributed by atoms with Gasteiger partial charge < -0.3 is 19.3 Å². The Hall–Kier alpha value is -2.70. The van der Waals surface area contributed by atoms with Gasteiger partial charge in [0.15, 0.2) is 0 Å². The largest absolute Gasteiger partial charge is 0.497 e. The molecule has 0 aliphatic rings. The predicted octanol–water partition coefficient (Wildman–Crippen LogP) is 1.10. The first-order valence-corrected chi connectivity index (χ1v) is 6.75. The Kier molecular flexibility index (Phi) is 4.88. The molecule has 0 saturated carbocycles. The summed E-state index contributed by atoms with van der Waals surface area (Å²) in [6.07, 6.45) is 0. The van der Waals surface area contributed by atoms with Crippen molar-refractivity contribution >= 4 is 5.91 Å². The Morgan fingerprint density at radius 1 is 1.27 bits per heavy atom. The molecule has 0 bridgehead atoms. The Bertz CT molecular complexity index is 700.